The first-order valence-electron chi connectivity index (χ1n) is 13.0. The van der Waals surface area contributed by atoms with Crippen molar-refractivity contribution < 1.29 is 14.3 Å². The van der Waals surface area contributed by atoms with Gasteiger partial charge in [-0.1, -0.05) is 19.3 Å². The maximum Gasteiger partial charge on any atom is 0.410 e. The highest BCUT2D eigenvalue weighted by Crippen LogP contribution is 2.32. The first kappa shape index (κ1) is 25.0. The lowest BCUT2D eigenvalue weighted by atomic mass is 9.81. The van der Waals surface area contributed by atoms with Crippen LogP contribution in [0.3, 0.4) is 0 Å². The van der Waals surface area contributed by atoms with E-state index >= 15 is 0 Å². The van der Waals surface area contributed by atoms with E-state index in [9.17, 15) is 14.4 Å². The third-order valence-electron chi connectivity index (χ3n) is 7.42. The van der Waals surface area contributed by atoms with Gasteiger partial charge < -0.3 is 10.1 Å². The fourth-order valence-electron chi connectivity index (χ4n) is 5.25. The average Bonchev–Trinajstić information content (AvgIpc) is 3.23. The molecule has 37 heavy (non-hydrogen) atoms. The van der Waals surface area contributed by atoms with Crippen molar-refractivity contribution in [2.75, 3.05) is 7.05 Å². The van der Waals surface area contributed by atoms with Crippen molar-refractivity contribution in [3.8, 4) is 5.69 Å². The molecule has 0 bridgehead atoms. The molecule has 1 atom stereocenters. The lowest BCUT2D eigenvalue weighted by Crippen LogP contribution is -2.48. The fourth-order valence-corrected chi connectivity index (χ4v) is 5.25. The number of ether oxygens (including phenoxy) is 1. The fraction of sp³-hybridized carbons (Fsp3) is 0.500. The van der Waals surface area contributed by atoms with E-state index < -0.39 is 11.7 Å². The van der Waals surface area contributed by atoms with Crippen LogP contribution in [0.15, 0.2) is 35.3 Å². The zero-order valence-electron chi connectivity index (χ0n) is 22.2. The summed E-state index contributed by atoms with van der Waals surface area (Å²) in [5.74, 6) is 0.405. The Labute approximate surface area is 216 Å². The van der Waals surface area contributed by atoms with Gasteiger partial charge >= 0.3 is 6.09 Å². The van der Waals surface area contributed by atoms with E-state index in [0.717, 1.165) is 23.3 Å². The topological polar surface area (TPSA) is 97.9 Å². The van der Waals surface area contributed by atoms with Gasteiger partial charge in [-0.25, -0.2) is 9.31 Å². The summed E-state index contributed by atoms with van der Waals surface area (Å²) < 4.78 is 9.22. The van der Waals surface area contributed by atoms with E-state index in [4.69, 9.17) is 9.84 Å². The molecule has 1 saturated carbocycles. The molecule has 1 aromatic carbocycles. The van der Waals surface area contributed by atoms with Crippen LogP contribution in [0.4, 0.5) is 4.79 Å². The number of carbonyl (C=O) groups excluding carboxylic acids is 2. The Bertz CT molecular complexity index is 1410. The number of nitrogens with one attached hydrogen (secondary N) is 1. The molecular formula is C28H35N5O4. The molecule has 1 N–H and O–H groups in total. The zero-order chi connectivity index (χ0) is 26.5. The molecule has 2 amide bonds. The van der Waals surface area contributed by atoms with Crippen LogP contribution in [-0.2, 0) is 24.1 Å². The summed E-state index contributed by atoms with van der Waals surface area (Å²) in [5, 5.41) is 7.37. The van der Waals surface area contributed by atoms with Crippen LogP contribution in [0, 0.1) is 5.92 Å². The van der Waals surface area contributed by atoms with Crippen molar-refractivity contribution in [2.24, 2.45) is 5.92 Å². The predicted octanol–water partition coefficient (Wildman–Crippen LogP) is 3.87. The van der Waals surface area contributed by atoms with Gasteiger partial charge in [0.1, 0.15) is 11.2 Å². The molecule has 0 saturated heterocycles. The van der Waals surface area contributed by atoms with Crippen LogP contribution in [0.1, 0.15) is 74.1 Å². The van der Waals surface area contributed by atoms with E-state index in [0.29, 0.717) is 29.2 Å². The molecule has 1 aliphatic heterocycles. The molecule has 2 aromatic heterocycles. The Kier molecular flexibility index (Phi) is 6.33. The van der Waals surface area contributed by atoms with Crippen LogP contribution in [0.25, 0.3) is 11.3 Å². The zero-order valence-corrected chi connectivity index (χ0v) is 22.2. The Morgan fingerprint density at radius 2 is 1.86 bits per heavy atom. The van der Waals surface area contributed by atoms with Crippen LogP contribution in [0.2, 0.25) is 0 Å². The van der Waals surface area contributed by atoms with Gasteiger partial charge in [0.15, 0.2) is 0 Å². The number of fused-ring (bicyclic) bond motifs is 3. The summed E-state index contributed by atoms with van der Waals surface area (Å²) in [4.78, 5) is 40.9. The SMILES string of the molecule is CNC(=O)c1ccc(-n2c(=O)c3c(n4ncc(CC5CCC5)c24)CN(C(=O)OC(C)(C)C)C(C)C3)cc1. The van der Waals surface area contributed by atoms with Crippen molar-refractivity contribution in [2.45, 2.75) is 78.0 Å². The highest BCUT2D eigenvalue weighted by atomic mass is 16.6. The number of nitrogens with zero attached hydrogens (tertiary/aromatic N) is 4. The summed E-state index contributed by atoms with van der Waals surface area (Å²) in [6.07, 6.45) is 6.31. The first-order valence-corrected chi connectivity index (χ1v) is 13.0. The minimum atomic E-state index is -0.613. The third-order valence-corrected chi connectivity index (χ3v) is 7.42. The lowest BCUT2D eigenvalue weighted by molar-refractivity contribution is 0.0131. The number of aromatic nitrogens is 3. The molecule has 1 unspecified atom stereocenters. The van der Waals surface area contributed by atoms with Gasteiger partial charge in [0.2, 0.25) is 0 Å². The third kappa shape index (κ3) is 4.63. The molecule has 1 aliphatic carbocycles. The summed E-state index contributed by atoms with van der Waals surface area (Å²) in [7, 11) is 1.59. The van der Waals surface area contributed by atoms with E-state index in [2.05, 4.69) is 5.32 Å². The van der Waals surface area contributed by atoms with Crippen LogP contribution < -0.4 is 10.9 Å². The number of rotatable bonds is 4. The summed E-state index contributed by atoms with van der Waals surface area (Å²) in [6.45, 7) is 7.72. The molecule has 0 radical (unpaired) electrons. The molecule has 9 heteroatoms. The van der Waals surface area contributed by atoms with Crippen LogP contribution in [0.5, 0.6) is 0 Å². The second kappa shape index (κ2) is 9.36. The molecule has 1 fully saturated rings. The monoisotopic (exact) mass is 505 g/mol. The van der Waals surface area contributed by atoms with Gasteiger partial charge in [-0.3, -0.25) is 19.1 Å². The van der Waals surface area contributed by atoms with Gasteiger partial charge in [-0.15, -0.1) is 0 Å². The van der Waals surface area contributed by atoms with Gasteiger partial charge in [0.05, 0.1) is 24.1 Å². The van der Waals surface area contributed by atoms with Gasteiger partial charge in [-0.2, -0.15) is 5.10 Å². The maximum atomic E-state index is 14.1. The number of hydrogen-bond acceptors (Lipinski definition) is 5. The summed E-state index contributed by atoms with van der Waals surface area (Å²) in [5.41, 5.74) is 3.60. The lowest BCUT2D eigenvalue weighted by Gasteiger charge is -2.36. The maximum absolute atomic E-state index is 14.1. The Balaban J connectivity index is 1.65. The van der Waals surface area contributed by atoms with Gasteiger partial charge in [0, 0.05) is 36.2 Å². The Morgan fingerprint density at radius 3 is 2.46 bits per heavy atom. The van der Waals surface area contributed by atoms with Crippen molar-refractivity contribution in [1.29, 1.82) is 0 Å². The molecule has 3 aromatic rings. The van der Waals surface area contributed by atoms with E-state index in [1.54, 1.807) is 40.8 Å². The number of amides is 2. The smallest absolute Gasteiger partial charge is 0.410 e. The minimum absolute atomic E-state index is 0.110. The minimum Gasteiger partial charge on any atom is -0.444 e. The van der Waals surface area contributed by atoms with E-state index in [-0.39, 0.29) is 24.1 Å². The highest BCUT2D eigenvalue weighted by molar-refractivity contribution is 5.94. The quantitative estimate of drug-likeness (QED) is 0.581. The first-order chi connectivity index (χ1) is 17.6. The summed E-state index contributed by atoms with van der Waals surface area (Å²) >= 11 is 0. The Morgan fingerprint density at radius 1 is 1.16 bits per heavy atom. The van der Waals surface area contributed by atoms with E-state index in [1.807, 2.05) is 38.4 Å². The normalized spacial score (nSPS) is 17.9. The van der Waals surface area contributed by atoms with Crippen LogP contribution >= 0.6 is 0 Å². The van der Waals surface area contributed by atoms with Gasteiger partial charge in [-0.05, 0) is 64.3 Å². The molecule has 196 valence electrons. The average molecular weight is 506 g/mol. The Hall–Kier alpha value is -3.62. The van der Waals surface area contributed by atoms with Gasteiger partial charge in [0.25, 0.3) is 11.5 Å². The number of benzene rings is 1. The largest absolute Gasteiger partial charge is 0.444 e. The molecule has 2 aliphatic rings. The molecule has 3 heterocycles. The summed E-state index contributed by atoms with van der Waals surface area (Å²) in [6, 6.07) is 6.85. The second-order valence-electron chi connectivity index (χ2n) is 11.3. The molecule has 9 nitrogen and oxygen atoms in total. The standard InChI is InChI=1S/C28H35N5O4/c1-17-13-22-23(16-31(17)27(36)37-28(2,3)4)33-25(20(15-30-33)14-18-7-6-8-18)32(26(22)35)21-11-9-19(10-12-21)24(34)29-5/h9-12,15,17-18H,6-8,13-14,16H2,1-5H3,(H,29,34). The van der Waals surface area contributed by atoms with Crippen LogP contribution in [-0.4, -0.2) is 49.8 Å². The van der Waals surface area contributed by atoms with Crippen molar-refractivity contribution in [3.05, 3.63) is 63.2 Å². The van der Waals surface area contributed by atoms with Crippen molar-refractivity contribution in [3.63, 3.8) is 0 Å². The van der Waals surface area contributed by atoms with Crippen molar-refractivity contribution >= 4 is 17.6 Å². The van der Waals surface area contributed by atoms with Crippen molar-refractivity contribution in [1.82, 2.24) is 24.4 Å². The molecule has 0 spiro atoms. The number of hydrogen-bond donors (Lipinski definition) is 1. The predicted molar refractivity (Wildman–Crippen MR) is 140 cm³/mol. The molecule has 5 rings (SSSR count). The molecular weight excluding hydrogens is 470 g/mol. The number of carbonyl (C=O) groups is 2. The van der Waals surface area contributed by atoms with E-state index in [1.165, 1.54) is 19.3 Å². The highest BCUT2D eigenvalue weighted by Gasteiger charge is 2.35. The second-order valence-corrected chi connectivity index (χ2v) is 11.3.